The standard InChI is InChI=1S/C17H24N4O3/c1-9-6-7-11(12(8-9)24-5)14-13-10(2)18-16(22)21(4)15(13)19-17(23)20(14)3/h6-8,10,13-15H,1-5H3,(H,18,22)(H,19,23)/t10-,13+,14-,15-/m0/s1. The Bertz CT molecular complexity index is 678. The number of hydrogen-bond acceptors (Lipinski definition) is 3. The average molecular weight is 332 g/mol. The van der Waals surface area contributed by atoms with E-state index in [0.717, 1.165) is 16.9 Å². The van der Waals surface area contributed by atoms with Gasteiger partial charge in [0.05, 0.1) is 13.2 Å². The molecule has 4 atom stereocenters. The summed E-state index contributed by atoms with van der Waals surface area (Å²) in [6.45, 7) is 3.98. The molecule has 4 amide bonds. The summed E-state index contributed by atoms with van der Waals surface area (Å²) in [5, 5.41) is 5.92. The Morgan fingerprint density at radius 2 is 1.75 bits per heavy atom. The Kier molecular flexibility index (Phi) is 4.03. The highest BCUT2D eigenvalue weighted by Gasteiger charge is 2.50. The van der Waals surface area contributed by atoms with Crippen molar-refractivity contribution in [3.63, 3.8) is 0 Å². The first-order valence-corrected chi connectivity index (χ1v) is 8.06. The van der Waals surface area contributed by atoms with Gasteiger partial charge in [-0.15, -0.1) is 0 Å². The minimum Gasteiger partial charge on any atom is -0.496 e. The van der Waals surface area contributed by atoms with Crippen molar-refractivity contribution >= 4 is 12.1 Å². The first kappa shape index (κ1) is 16.4. The van der Waals surface area contributed by atoms with Crippen molar-refractivity contribution in [3.8, 4) is 5.75 Å². The smallest absolute Gasteiger partial charge is 0.319 e. The van der Waals surface area contributed by atoms with Crippen molar-refractivity contribution in [1.82, 2.24) is 20.4 Å². The fourth-order valence-corrected chi connectivity index (χ4v) is 3.78. The van der Waals surface area contributed by atoms with Crippen LogP contribution in [0.2, 0.25) is 0 Å². The maximum Gasteiger partial charge on any atom is 0.319 e. The molecule has 0 unspecified atom stereocenters. The van der Waals surface area contributed by atoms with E-state index in [0.29, 0.717) is 0 Å². The van der Waals surface area contributed by atoms with Crippen LogP contribution in [-0.4, -0.2) is 55.3 Å². The summed E-state index contributed by atoms with van der Waals surface area (Å²) < 4.78 is 5.57. The Labute approximate surface area is 141 Å². The molecule has 130 valence electrons. The Balaban J connectivity index is 2.10. The van der Waals surface area contributed by atoms with E-state index in [2.05, 4.69) is 10.6 Å². The molecule has 0 aromatic heterocycles. The van der Waals surface area contributed by atoms with Crippen LogP contribution in [0.5, 0.6) is 5.75 Å². The van der Waals surface area contributed by atoms with Gasteiger partial charge in [0.1, 0.15) is 11.9 Å². The largest absolute Gasteiger partial charge is 0.496 e. The van der Waals surface area contributed by atoms with Crippen molar-refractivity contribution in [2.24, 2.45) is 5.92 Å². The molecule has 2 N–H and O–H groups in total. The highest BCUT2D eigenvalue weighted by Crippen LogP contribution is 2.41. The third-order valence-electron chi connectivity index (χ3n) is 5.11. The highest BCUT2D eigenvalue weighted by molar-refractivity contribution is 5.80. The molecule has 2 aliphatic rings. The maximum atomic E-state index is 12.5. The zero-order valence-corrected chi connectivity index (χ0v) is 14.7. The lowest BCUT2D eigenvalue weighted by atomic mass is 9.80. The average Bonchev–Trinajstić information content (AvgIpc) is 2.54. The molecule has 0 radical (unpaired) electrons. The number of hydrogen-bond donors (Lipinski definition) is 2. The SMILES string of the molecule is COc1cc(C)ccc1[C@H]1[C@H]2[C@H](C)NC(=O)N(C)[C@@H]2NC(=O)N1C. The molecule has 2 heterocycles. The van der Waals surface area contributed by atoms with Crippen molar-refractivity contribution in [1.29, 1.82) is 0 Å². The van der Waals surface area contributed by atoms with Gasteiger partial charge in [0.25, 0.3) is 0 Å². The Hall–Kier alpha value is -2.44. The predicted molar refractivity (Wildman–Crippen MR) is 89.8 cm³/mol. The Morgan fingerprint density at radius 3 is 2.42 bits per heavy atom. The molecule has 2 saturated heterocycles. The molecule has 7 heteroatoms. The second-order valence-corrected chi connectivity index (χ2v) is 6.62. The van der Waals surface area contributed by atoms with Crippen molar-refractivity contribution in [2.75, 3.05) is 21.2 Å². The van der Waals surface area contributed by atoms with E-state index in [1.165, 1.54) is 0 Å². The molecule has 0 spiro atoms. The minimum absolute atomic E-state index is 0.00740. The van der Waals surface area contributed by atoms with E-state index in [1.807, 2.05) is 32.0 Å². The van der Waals surface area contributed by atoms with Crippen molar-refractivity contribution < 1.29 is 14.3 Å². The minimum atomic E-state index is -0.353. The zero-order chi connectivity index (χ0) is 17.6. The lowest BCUT2D eigenvalue weighted by molar-refractivity contribution is 0.0241. The molecule has 0 saturated carbocycles. The highest BCUT2D eigenvalue weighted by atomic mass is 16.5. The number of nitrogens with one attached hydrogen (secondary N) is 2. The fraction of sp³-hybridized carbons (Fsp3) is 0.529. The van der Waals surface area contributed by atoms with Crippen LogP contribution in [0, 0.1) is 12.8 Å². The van der Waals surface area contributed by atoms with Gasteiger partial charge in [0.2, 0.25) is 0 Å². The summed E-state index contributed by atoms with van der Waals surface area (Å²) in [6, 6.07) is 5.34. The first-order valence-electron chi connectivity index (χ1n) is 8.06. The number of carbonyl (C=O) groups is 2. The number of rotatable bonds is 2. The second kappa shape index (κ2) is 5.89. The van der Waals surface area contributed by atoms with E-state index in [9.17, 15) is 9.59 Å². The summed E-state index contributed by atoms with van der Waals surface area (Å²) in [4.78, 5) is 27.8. The van der Waals surface area contributed by atoms with E-state index in [-0.39, 0.29) is 36.2 Å². The molecule has 1 aromatic carbocycles. The molecule has 1 aromatic rings. The predicted octanol–water partition coefficient (Wildman–Crippen LogP) is 1.69. The van der Waals surface area contributed by atoms with Gasteiger partial charge in [-0.2, -0.15) is 0 Å². The summed E-state index contributed by atoms with van der Waals surface area (Å²) in [5.41, 5.74) is 2.05. The van der Waals surface area contributed by atoms with E-state index in [1.54, 1.807) is 31.0 Å². The molecule has 0 bridgehead atoms. The number of ether oxygens (including phenoxy) is 1. The fourth-order valence-electron chi connectivity index (χ4n) is 3.78. The van der Waals surface area contributed by atoms with Crippen LogP contribution in [0.4, 0.5) is 9.59 Å². The van der Waals surface area contributed by atoms with Crippen molar-refractivity contribution in [2.45, 2.75) is 32.1 Å². The van der Waals surface area contributed by atoms with Crippen LogP contribution in [0.1, 0.15) is 24.1 Å². The van der Waals surface area contributed by atoms with Gasteiger partial charge in [-0.3, -0.25) is 0 Å². The number of amides is 4. The second-order valence-electron chi connectivity index (χ2n) is 6.62. The van der Waals surface area contributed by atoms with Crippen LogP contribution in [0.3, 0.4) is 0 Å². The number of fused-ring (bicyclic) bond motifs is 1. The van der Waals surface area contributed by atoms with Gasteiger partial charge < -0.3 is 25.2 Å². The number of urea groups is 2. The van der Waals surface area contributed by atoms with Gasteiger partial charge in [-0.25, -0.2) is 9.59 Å². The van der Waals surface area contributed by atoms with Crippen LogP contribution in [0.15, 0.2) is 18.2 Å². The summed E-state index contributed by atoms with van der Waals surface area (Å²) in [7, 11) is 5.11. The van der Waals surface area contributed by atoms with Crippen LogP contribution >= 0.6 is 0 Å². The van der Waals surface area contributed by atoms with E-state index >= 15 is 0 Å². The molecule has 0 aliphatic carbocycles. The summed E-state index contributed by atoms with van der Waals surface area (Å²) >= 11 is 0. The third-order valence-corrected chi connectivity index (χ3v) is 5.11. The molecule has 2 aliphatic heterocycles. The summed E-state index contributed by atoms with van der Waals surface area (Å²) in [5.74, 6) is 0.749. The van der Waals surface area contributed by atoms with Gasteiger partial charge in [-0.1, -0.05) is 12.1 Å². The molecule has 3 rings (SSSR count). The van der Waals surface area contributed by atoms with E-state index < -0.39 is 0 Å². The number of nitrogens with zero attached hydrogens (tertiary/aromatic N) is 2. The summed E-state index contributed by atoms with van der Waals surface area (Å²) in [6.07, 6.45) is -0.353. The zero-order valence-electron chi connectivity index (χ0n) is 14.7. The maximum absolute atomic E-state index is 12.5. The molecular formula is C17H24N4O3. The number of carbonyl (C=O) groups excluding carboxylic acids is 2. The third kappa shape index (κ3) is 2.44. The molecular weight excluding hydrogens is 308 g/mol. The Morgan fingerprint density at radius 1 is 1.08 bits per heavy atom. The number of aryl methyl sites for hydroxylation is 1. The van der Waals surface area contributed by atoms with Gasteiger partial charge >= 0.3 is 12.1 Å². The quantitative estimate of drug-likeness (QED) is 0.865. The first-order chi connectivity index (χ1) is 11.3. The number of methoxy groups -OCH3 is 1. The topological polar surface area (TPSA) is 73.9 Å². The molecule has 2 fully saturated rings. The van der Waals surface area contributed by atoms with Gasteiger partial charge in [-0.05, 0) is 25.5 Å². The van der Waals surface area contributed by atoms with Gasteiger partial charge in [0, 0.05) is 31.6 Å². The number of benzene rings is 1. The van der Waals surface area contributed by atoms with Gasteiger partial charge in [0.15, 0.2) is 0 Å². The van der Waals surface area contributed by atoms with Crippen molar-refractivity contribution in [3.05, 3.63) is 29.3 Å². The normalized spacial score (nSPS) is 29.7. The van der Waals surface area contributed by atoms with E-state index in [4.69, 9.17) is 4.74 Å². The monoisotopic (exact) mass is 332 g/mol. The molecule has 24 heavy (non-hydrogen) atoms. The van der Waals surface area contributed by atoms with Crippen LogP contribution in [-0.2, 0) is 0 Å². The lowest BCUT2D eigenvalue weighted by Gasteiger charge is -2.52. The lowest BCUT2D eigenvalue weighted by Crippen LogP contribution is -2.71. The van der Waals surface area contributed by atoms with Crippen LogP contribution in [0.25, 0.3) is 0 Å². The van der Waals surface area contributed by atoms with Crippen LogP contribution < -0.4 is 15.4 Å². The molecule has 7 nitrogen and oxygen atoms in total.